The Balaban J connectivity index is 2.03. The van der Waals surface area contributed by atoms with Crippen molar-refractivity contribution in [2.75, 3.05) is 26.7 Å². The molecule has 0 aromatic carbocycles. The van der Waals surface area contributed by atoms with Crippen molar-refractivity contribution in [3.8, 4) is 0 Å². The molecule has 1 heterocycles. The van der Waals surface area contributed by atoms with Crippen molar-refractivity contribution in [1.82, 2.24) is 10.2 Å². The number of nitrogens with one attached hydrogen (secondary N) is 1. The molecule has 0 aliphatic carbocycles. The number of likely N-dealkylation sites (N-methyl/N-ethyl adjacent to an activating group) is 1. The van der Waals surface area contributed by atoms with Gasteiger partial charge in [-0.15, -0.1) is 0 Å². The van der Waals surface area contributed by atoms with E-state index in [0.717, 1.165) is 25.4 Å². The molecule has 4 heteroatoms. The van der Waals surface area contributed by atoms with Crippen molar-refractivity contribution in [3.63, 3.8) is 0 Å². The summed E-state index contributed by atoms with van der Waals surface area (Å²) in [5.41, 5.74) is 0. The number of rotatable bonds is 8. The lowest BCUT2D eigenvalue weighted by Gasteiger charge is -2.15. The molecular formula is C12H21ClN2O. The molecule has 0 bridgehead atoms. The highest BCUT2D eigenvalue weighted by atomic mass is 35.5. The molecule has 0 amide bonds. The minimum absolute atomic E-state index is 0.455. The van der Waals surface area contributed by atoms with Gasteiger partial charge >= 0.3 is 0 Å². The van der Waals surface area contributed by atoms with Crippen LogP contribution in [0.4, 0.5) is 0 Å². The van der Waals surface area contributed by atoms with E-state index in [2.05, 4.69) is 24.2 Å². The summed E-state index contributed by atoms with van der Waals surface area (Å²) in [5, 5.41) is 3.78. The summed E-state index contributed by atoms with van der Waals surface area (Å²) in [6, 6.07) is 3.67. The van der Waals surface area contributed by atoms with Gasteiger partial charge in [-0.25, -0.2) is 0 Å². The van der Waals surface area contributed by atoms with Crippen molar-refractivity contribution in [3.05, 3.63) is 23.1 Å². The first-order valence-corrected chi connectivity index (χ1v) is 6.23. The standard InChI is InChI=1S/C12H21ClN2O/c1-3-4-8-15(2)9-7-14-10-11-5-6-12(13)16-11/h5-6,14H,3-4,7-10H2,1-2H3. The second-order valence-corrected chi connectivity index (χ2v) is 4.41. The molecule has 0 aliphatic rings. The van der Waals surface area contributed by atoms with Crippen LogP contribution in [0.3, 0.4) is 0 Å². The summed E-state index contributed by atoms with van der Waals surface area (Å²) in [6.07, 6.45) is 2.52. The Kier molecular flexibility index (Phi) is 6.53. The SMILES string of the molecule is CCCCN(C)CCNCc1ccc(Cl)o1. The van der Waals surface area contributed by atoms with Crippen LogP contribution in [0.1, 0.15) is 25.5 Å². The topological polar surface area (TPSA) is 28.4 Å². The van der Waals surface area contributed by atoms with Crippen LogP contribution in [-0.4, -0.2) is 31.6 Å². The van der Waals surface area contributed by atoms with Gasteiger partial charge in [0.1, 0.15) is 5.76 Å². The average Bonchev–Trinajstić information content (AvgIpc) is 2.67. The highest BCUT2D eigenvalue weighted by Crippen LogP contribution is 2.12. The lowest BCUT2D eigenvalue weighted by molar-refractivity contribution is 0.323. The van der Waals surface area contributed by atoms with Crippen molar-refractivity contribution in [2.45, 2.75) is 26.3 Å². The molecular weight excluding hydrogens is 224 g/mol. The minimum atomic E-state index is 0.455. The fraction of sp³-hybridized carbons (Fsp3) is 0.667. The smallest absolute Gasteiger partial charge is 0.193 e. The van der Waals surface area contributed by atoms with Gasteiger partial charge in [0.25, 0.3) is 0 Å². The Bertz CT molecular complexity index is 288. The van der Waals surface area contributed by atoms with Crippen molar-refractivity contribution >= 4 is 11.6 Å². The highest BCUT2D eigenvalue weighted by Gasteiger charge is 2.00. The van der Waals surface area contributed by atoms with E-state index in [-0.39, 0.29) is 0 Å². The summed E-state index contributed by atoms with van der Waals surface area (Å²) in [7, 11) is 2.15. The molecule has 0 fully saturated rings. The van der Waals surface area contributed by atoms with E-state index < -0.39 is 0 Å². The van der Waals surface area contributed by atoms with Crippen molar-refractivity contribution in [1.29, 1.82) is 0 Å². The molecule has 92 valence electrons. The molecule has 0 saturated carbocycles. The van der Waals surface area contributed by atoms with E-state index in [1.54, 1.807) is 6.07 Å². The predicted octanol–water partition coefficient (Wildman–Crippen LogP) is 2.75. The second kappa shape index (κ2) is 7.71. The van der Waals surface area contributed by atoms with Gasteiger partial charge in [-0.3, -0.25) is 0 Å². The van der Waals surface area contributed by atoms with E-state index in [1.807, 2.05) is 6.07 Å². The van der Waals surface area contributed by atoms with Gasteiger partial charge in [-0.2, -0.15) is 0 Å². The van der Waals surface area contributed by atoms with Gasteiger partial charge in [0.2, 0.25) is 0 Å². The maximum absolute atomic E-state index is 5.68. The quantitative estimate of drug-likeness (QED) is 0.713. The van der Waals surface area contributed by atoms with Gasteiger partial charge in [0.15, 0.2) is 5.22 Å². The maximum Gasteiger partial charge on any atom is 0.193 e. The Labute approximate surface area is 103 Å². The normalized spacial score (nSPS) is 11.2. The van der Waals surface area contributed by atoms with Gasteiger partial charge < -0.3 is 14.6 Å². The molecule has 16 heavy (non-hydrogen) atoms. The third-order valence-corrected chi connectivity index (χ3v) is 2.69. The van der Waals surface area contributed by atoms with Gasteiger partial charge in [0, 0.05) is 13.1 Å². The first-order valence-electron chi connectivity index (χ1n) is 5.86. The molecule has 1 rings (SSSR count). The van der Waals surface area contributed by atoms with E-state index >= 15 is 0 Å². The van der Waals surface area contributed by atoms with Crippen molar-refractivity contribution < 1.29 is 4.42 Å². The Morgan fingerprint density at radius 3 is 2.81 bits per heavy atom. The van der Waals surface area contributed by atoms with Crippen molar-refractivity contribution in [2.24, 2.45) is 0 Å². The zero-order valence-corrected chi connectivity index (χ0v) is 10.9. The van der Waals surface area contributed by atoms with Crippen LogP contribution in [0, 0.1) is 0 Å². The predicted molar refractivity (Wildman–Crippen MR) is 67.8 cm³/mol. The fourth-order valence-corrected chi connectivity index (χ4v) is 1.63. The lowest BCUT2D eigenvalue weighted by atomic mass is 10.3. The molecule has 0 unspecified atom stereocenters. The molecule has 0 aliphatic heterocycles. The van der Waals surface area contributed by atoms with E-state index in [9.17, 15) is 0 Å². The zero-order valence-electron chi connectivity index (χ0n) is 10.1. The van der Waals surface area contributed by atoms with Gasteiger partial charge in [0.05, 0.1) is 6.54 Å². The maximum atomic E-state index is 5.68. The third-order valence-electron chi connectivity index (χ3n) is 2.49. The van der Waals surface area contributed by atoms with Gasteiger partial charge in [-0.1, -0.05) is 13.3 Å². The molecule has 0 spiro atoms. The Hall–Kier alpha value is -0.510. The molecule has 3 nitrogen and oxygen atoms in total. The lowest BCUT2D eigenvalue weighted by Crippen LogP contribution is -2.29. The van der Waals surface area contributed by atoms with E-state index in [4.69, 9.17) is 16.0 Å². The minimum Gasteiger partial charge on any atom is -0.448 e. The summed E-state index contributed by atoms with van der Waals surface area (Å²) in [5.74, 6) is 0.890. The first kappa shape index (κ1) is 13.6. The number of hydrogen-bond donors (Lipinski definition) is 1. The first-order chi connectivity index (χ1) is 7.72. The monoisotopic (exact) mass is 244 g/mol. The third kappa shape index (κ3) is 5.54. The molecule has 0 radical (unpaired) electrons. The number of halogens is 1. The van der Waals surface area contributed by atoms with Crippen LogP contribution in [-0.2, 0) is 6.54 Å². The van der Waals surface area contributed by atoms with Crippen LogP contribution in [0.25, 0.3) is 0 Å². The molecule has 0 atom stereocenters. The van der Waals surface area contributed by atoms with Crippen LogP contribution in [0.5, 0.6) is 0 Å². The van der Waals surface area contributed by atoms with Crippen LogP contribution in [0.15, 0.2) is 16.5 Å². The van der Waals surface area contributed by atoms with E-state index in [1.165, 1.54) is 19.4 Å². The second-order valence-electron chi connectivity index (χ2n) is 4.04. The Morgan fingerprint density at radius 1 is 1.38 bits per heavy atom. The molecule has 1 N–H and O–H groups in total. The van der Waals surface area contributed by atoms with Crippen LogP contribution < -0.4 is 5.32 Å². The van der Waals surface area contributed by atoms with Gasteiger partial charge in [-0.05, 0) is 43.7 Å². The fourth-order valence-electron chi connectivity index (χ4n) is 1.47. The zero-order chi connectivity index (χ0) is 11.8. The van der Waals surface area contributed by atoms with Crippen LogP contribution >= 0.6 is 11.6 Å². The number of unbranched alkanes of at least 4 members (excludes halogenated alkanes) is 1. The summed E-state index contributed by atoms with van der Waals surface area (Å²) >= 11 is 5.68. The Morgan fingerprint density at radius 2 is 2.19 bits per heavy atom. The largest absolute Gasteiger partial charge is 0.448 e. The van der Waals surface area contributed by atoms with Crippen LogP contribution in [0.2, 0.25) is 5.22 Å². The average molecular weight is 245 g/mol. The van der Waals surface area contributed by atoms with E-state index in [0.29, 0.717) is 5.22 Å². The number of furan rings is 1. The molecule has 0 saturated heterocycles. The summed E-state index contributed by atoms with van der Waals surface area (Å²) < 4.78 is 5.24. The number of nitrogens with zero attached hydrogens (tertiary/aromatic N) is 1. The summed E-state index contributed by atoms with van der Waals surface area (Å²) in [4.78, 5) is 2.34. The highest BCUT2D eigenvalue weighted by molar-refractivity contribution is 6.28. The molecule has 1 aromatic heterocycles. The summed E-state index contributed by atoms with van der Waals surface area (Å²) in [6.45, 7) is 6.17. The number of hydrogen-bond acceptors (Lipinski definition) is 3. The molecule has 1 aromatic rings.